The van der Waals surface area contributed by atoms with Gasteiger partial charge in [0.1, 0.15) is 11.3 Å². The number of hydrogen-bond acceptors (Lipinski definition) is 4. The molecule has 30 heavy (non-hydrogen) atoms. The first-order chi connectivity index (χ1) is 14.6. The molecule has 0 unspecified atom stereocenters. The minimum atomic E-state index is -0.395. The van der Waals surface area contributed by atoms with Crippen LogP contribution in [0.5, 0.6) is 5.75 Å². The molecule has 5 nitrogen and oxygen atoms in total. The molecule has 0 spiro atoms. The predicted molar refractivity (Wildman–Crippen MR) is 122 cm³/mol. The van der Waals surface area contributed by atoms with Gasteiger partial charge in [0.15, 0.2) is 5.58 Å². The zero-order valence-electron chi connectivity index (χ0n) is 17.2. The molecule has 0 N–H and O–H groups in total. The van der Waals surface area contributed by atoms with E-state index >= 15 is 0 Å². The van der Waals surface area contributed by atoms with Crippen molar-refractivity contribution in [3.8, 4) is 5.75 Å². The summed E-state index contributed by atoms with van der Waals surface area (Å²) in [6, 6.07) is 11.6. The van der Waals surface area contributed by atoms with E-state index in [0.717, 1.165) is 35.0 Å². The number of rotatable bonds is 5. The number of para-hydroxylation sites is 1. The molecule has 2 aromatic carbocycles. The number of amides is 1. The Balaban J connectivity index is 1.94. The van der Waals surface area contributed by atoms with Gasteiger partial charge in [-0.2, -0.15) is 0 Å². The molecule has 4 rings (SSSR count). The molecule has 1 aliphatic rings. The molecule has 1 amide bonds. The van der Waals surface area contributed by atoms with Crippen LogP contribution >= 0.6 is 15.9 Å². The smallest absolute Gasteiger partial charge is 0.339 e. The van der Waals surface area contributed by atoms with Crippen LogP contribution in [0.4, 0.5) is 5.69 Å². The van der Waals surface area contributed by atoms with E-state index in [9.17, 15) is 9.59 Å². The molecule has 0 fully saturated rings. The highest BCUT2D eigenvalue weighted by Crippen LogP contribution is 2.35. The molecule has 0 bridgehead atoms. The summed E-state index contributed by atoms with van der Waals surface area (Å²) in [6.07, 6.45) is 2.40. The Morgan fingerprint density at radius 1 is 1.23 bits per heavy atom. The highest BCUT2D eigenvalue weighted by atomic mass is 79.9. The maximum atomic E-state index is 13.8. The normalized spacial score (nSPS) is 13.4. The summed E-state index contributed by atoms with van der Waals surface area (Å²) in [4.78, 5) is 28.2. The van der Waals surface area contributed by atoms with Gasteiger partial charge >= 0.3 is 5.63 Å². The number of carbonyl (C=O) groups excluding carboxylic acids is 1. The second-order valence-corrected chi connectivity index (χ2v) is 8.18. The number of carbonyl (C=O) groups is 1. The van der Waals surface area contributed by atoms with Crippen molar-refractivity contribution in [1.82, 2.24) is 0 Å². The molecule has 0 radical (unpaired) electrons. The van der Waals surface area contributed by atoms with Gasteiger partial charge in [-0.15, -0.1) is 0 Å². The fourth-order valence-electron chi connectivity index (χ4n) is 4.20. The van der Waals surface area contributed by atoms with Gasteiger partial charge in [0.2, 0.25) is 0 Å². The van der Waals surface area contributed by atoms with Crippen LogP contribution in [0.15, 0.2) is 45.6 Å². The summed E-state index contributed by atoms with van der Waals surface area (Å²) in [5, 5.41) is 1.40. The highest BCUT2D eigenvalue weighted by molar-refractivity contribution is 9.09. The minimum Gasteiger partial charge on any atom is -0.492 e. The van der Waals surface area contributed by atoms with E-state index in [1.165, 1.54) is 0 Å². The fourth-order valence-corrected chi connectivity index (χ4v) is 4.36. The Morgan fingerprint density at radius 3 is 2.80 bits per heavy atom. The van der Waals surface area contributed by atoms with Gasteiger partial charge in [-0.05, 0) is 55.5 Å². The number of aryl methyl sites for hydroxylation is 2. The fraction of sp³-hybridized carbons (Fsp3) is 0.333. The van der Waals surface area contributed by atoms with Crippen molar-refractivity contribution in [2.24, 2.45) is 0 Å². The summed E-state index contributed by atoms with van der Waals surface area (Å²) >= 11 is 3.36. The molecule has 0 atom stereocenters. The Kier molecular flexibility index (Phi) is 5.95. The number of hydrogen-bond donors (Lipinski definition) is 0. The first-order valence-corrected chi connectivity index (χ1v) is 11.4. The van der Waals surface area contributed by atoms with Crippen LogP contribution in [0.3, 0.4) is 0 Å². The third-order valence-corrected chi connectivity index (χ3v) is 6.00. The highest BCUT2D eigenvalue weighted by Gasteiger charge is 2.29. The molecule has 0 saturated heterocycles. The van der Waals surface area contributed by atoms with Crippen LogP contribution in [-0.2, 0) is 12.8 Å². The predicted octanol–water partition coefficient (Wildman–Crippen LogP) is 5.03. The molecule has 3 aromatic rings. The SMILES string of the molecule is CCc1c(C)c2ccc(OCCBr)c(C(=O)N3CCCc4ccccc43)c2oc1=O. The Bertz CT molecular complexity index is 1170. The Morgan fingerprint density at radius 2 is 2.03 bits per heavy atom. The van der Waals surface area contributed by atoms with E-state index in [2.05, 4.69) is 22.0 Å². The van der Waals surface area contributed by atoms with Crippen LogP contribution in [0.1, 0.15) is 40.4 Å². The van der Waals surface area contributed by atoms with Gasteiger partial charge in [0.05, 0.1) is 6.61 Å². The number of alkyl halides is 1. The molecule has 156 valence electrons. The quantitative estimate of drug-likeness (QED) is 0.388. The van der Waals surface area contributed by atoms with Gasteiger partial charge in [0.25, 0.3) is 5.91 Å². The van der Waals surface area contributed by atoms with E-state index in [4.69, 9.17) is 9.15 Å². The summed E-state index contributed by atoms with van der Waals surface area (Å²) in [5.74, 6) is 0.228. The van der Waals surface area contributed by atoms with Gasteiger partial charge in [-0.25, -0.2) is 4.79 Å². The van der Waals surface area contributed by atoms with Crippen molar-refractivity contribution in [2.45, 2.75) is 33.1 Å². The summed E-state index contributed by atoms with van der Waals surface area (Å²) in [6.45, 7) is 4.84. The number of ether oxygens (including phenoxy) is 1. The van der Waals surface area contributed by atoms with Crippen LogP contribution in [-0.4, -0.2) is 24.4 Å². The van der Waals surface area contributed by atoms with Crippen molar-refractivity contribution in [1.29, 1.82) is 0 Å². The standard InChI is InChI=1S/C24H24BrNO4/c1-3-17-15(2)18-10-11-20(29-14-12-25)21(22(18)30-24(17)28)23(27)26-13-6-8-16-7-4-5-9-19(16)26/h4-5,7,9-11H,3,6,8,12-14H2,1-2H3. The number of benzene rings is 2. The number of anilines is 1. The first kappa shape index (κ1) is 20.7. The van der Waals surface area contributed by atoms with E-state index in [1.54, 1.807) is 11.0 Å². The number of nitrogens with zero attached hydrogens (tertiary/aromatic N) is 1. The molecule has 1 aromatic heterocycles. The number of fused-ring (bicyclic) bond motifs is 2. The third-order valence-electron chi connectivity index (χ3n) is 5.67. The van der Waals surface area contributed by atoms with Crippen LogP contribution < -0.4 is 15.3 Å². The second-order valence-electron chi connectivity index (χ2n) is 7.39. The zero-order valence-corrected chi connectivity index (χ0v) is 18.8. The Labute approximate surface area is 183 Å². The summed E-state index contributed by atoms with van der Waals surface area (Å²) in [5.41, 5.74) is 3.76. The minimum absolute atomic E-state index is 0.205. The molecule has 0 aliphatic carbocycles. The maximum Gasteiger partial charge on any atom is 0.339 e. The average molecular weight is 470 g/mol. The topological polar surface area (TPSA) is 59.8 Å². The lowest BCUT2D eigenvalue weighted by atomic mass is 9.98. The maximum absolute atomic E-state index is 13.8. The monoisotopic (exact) mass is 469 g/mol. The molecular formula is C24H24BrNO4. The molecule has 2 heterocycles. The lowest BCUT2D eigenvalue weighted by Crippen LogP contribution is -2.36. The van der Waals surface area contributed by atoms with Crippen LogP contribution in [0, 0.1) is 6.92 Å². The van der Waals surface area contributed by atoms with Crippen molar-refractivity contribution < 1.29 is 13.9 Å². The lowest BCUT2D eigenvalue weighted by Gasteiger charge is -2.30. The summed E-state index contributed by atoms with van der Waals surface area (Å²) < 4.78 is 11.6. The van der Waals surface area contributed by atoms with E-state index in [-0.39, 0.29) is 5.91 Å². The van der Waals surface area contributed by atoms with Gasteiger partial charge in [-0.3, -0.25) is 4.79 Å². The average Bonchev–Trinajstić information content (AvgIpc) is 2.76. The van der Waals surface area contributed by atoms with Crippen molar-refractivity contribution >= 4 is 38.5 Å². The van der Waals surface area contributed by atoms with E-state index < -0.39 is 5.63 Å². The van der Waals surface area contributed by atoms with Gasteiger partial charge < -0.3 is 14.1 Å². The van der Waals surface area contributed by atoms with Gasteiger partial charge in [-0.1, -0.05) is 41.1 Å². The van der Waals surface area contributed by atoms with Crippen molar-refractivity contribution in [3.05, 3.63) is 69.1 Å². The largest absolute Gasteiger partial charge is 0.492 e. The molecule has 0 saturated carbocycles. The number of halogens is 1. The molecule has 1 aliphatic heterocycles. The Hall–Kier alpha value is -2.60. The van der Waals surface area contributed by atoms with E-state index in [1.807, 2.05) is 38.1 Å². The van der Waals surface area contributed by atoms with Crippen molar-refractivity contribution in [2.75, 3.05) is 23.4 Å². The van der Waals surface area contributed by atoms with Crippen LogP contribution in [0.2, 0.25) is 0 Å². The second kappa shape index (κ2) is 8.64. The van der Waals surface area contributed by atoms with E-state index in [0.29, 0.717) is 47.4 Å². The lowest BCUT2D eigenvalue weighted by molar-refractivity contribution is 0.0982. The third kappa shape index (κ3) is 3.54. The summed E-state index contributed by atoms with van der Waals surface area (Å²) in [7, 11) is 0. The zero-order chi connectivity index (χ0) is 21.3. The van der Waals surface area contributed by atoms with Gasteiger partial charge in [0, 0.05) is 28.5 Å². The molecular weight excluding hydrogens is 446 g/mol. The van der Waals surface area contributed by atoms with Crippen molar-refractivity contribution in [3.63, 3.8) is 0 Å². The van der Waals surface area contributed by atoms with Crippen LogP contribution in [0.25, 0.3) is 11.0 Å². The first-order valence-electron chi connectivity index (χ1n) is 10.2. The molecule has 6 heteroatoms.